The van der Waals surface area contributed by atoms with Gasteiger partial charge in [0.2, 0.25) is 5.91 Å². The van der Waals surface area contributed by atoms with Crippen LogP contribution in [0.5, 0.6) is 5.75 Å². The molecule has 2 heterocycles. The predicted molar refractivity (Wildman–Crippen MR) is 135 cm³/mol. The lowest BCUT2D eigenvalue weighted by atomic mass is 10.0. The molecule has 0 saturated carbocycles. The molecule has 38 heavy (non-hydrogen) atoms. The third-order valence-corrected chi connectivity index (χ3v) is 5.49. The fourth-order valence-corrected chi connectivity index (χ4v) is 4.07. The van der Waals surface area contributed by atoms with Gasteiger partial charge in [-0.15, -0.1) is 13.2 Å². The predicted octanol–water partition coefficient (Wildman–Crippen LogP) is 5.01. The number of carbonyl (C=O) groups is 2. The molecule has 0 fully saturated rings. The molecule has 12 heteroatoms. The highest BCUT2D eigenvalue weighted by Gasteiger charge is 2.31. The van der Waals surface area contributed by atoms with Gasteiger partial charge in [0.15, 0.2) is 5.65 Å². The van der Waals surface area contributed by atoms with Crippen molar-refractivity contribution in [1.29, 1.82) is 0 Å². The van der Waals surface area contributed by atoms with Crippen LogP contribution >= 0.6 is 11.6 Å². The summed E-state index contributed by atoms with van der Waals surface area (Å²) in [5, 5.41) is 3.04. The van der Waals surface area contributed by atoms with Gasteiger partial charge in [-0.1, -0.05) is 23.7 Å². The van der Waals surface area contributed by atoms with Crippen LogP contribution in [-0.2, 0) is 11.3 Å². The van der Waals surface area contributed by atoms with Crippen LogP contribution in [0.1, 0.15) is 24.2 Å². The molecule has 0 bridgehead atoms. The molecule has 1 amide bonds. The largest absolute Gasteiger partial charge is 0.573 e. The average Bonchev–Trinajstić information content (AvgIpc) is 2.83. The minimum Gasteiger partial charge on any atom is -0.406 e. The smallest absolute Gasteiger partial charge is 0.406 e. The number of pyridine rings is 1. The minimum atomic E-state index is -4.92. The first-order valence-corrected chi connectivity index (χ1v) is 11.6. The van der Waals surface area contributed by atoms with Crippen LogP contribution in [0.2, 0.25) is 5.02 Å². The van der Waals surface area contributed by atoms with Crippen molar-refractivity contribution in [2.45, 2.75) is 32.8 Å². The first-order chi connectivity index (χ1) is 17.9. The Labute approximate surface area is 219 Å². The summed E-state index contributed by atoms with van der Waals surface area (Å²) in [6.45, 7) is 3.04. The van der Waals surface area contributed by atoms with E-state index in [-0.39, 0.29) is 28.5 Å². The molecule has 196 valence electrons. The van der Waals surface area contributed by atoms with Crippen LogP contribution in [0.4, 0.5) is 13.2 Å². The van der Waals surface area contributed by atoms with Crippen molar-refractivity contribution in [3.05, 3.63) is 75.7 Å². The van der Waals surface area contributed by atoms with Crippen LogP contribution in [0.15, 0.2) is 59.5 Å². The first kappa shape index (κ1) is 26.8. The number of aromatic nitrogens is 3. The number of hydrogen-bond acceptors (Lipinski definition) is 6. The van der Waals surface area contributed by atoms with Crippen molar-refractivity contribution in [3.63, 3.8) is 0 Å². The number of amides is 1. The SMILES string of the molecule is CC(C)NC(=O)Cn1c(-c2cccc(OC(F)(F)F)c2)nc2ncc(-c3cc(Cl)cc(C=O)c3)cc2c1=O. The lowest BCUT2D eigenvalue weighted by molar-refractivity contribution is -0.274. The molecule has 0 saturated heterocycles. The monoisotopic (exact) mass is 544 g/mol. The third kappa shape index (κ3) is 6.17. The van der Waals surface area contributed by atoms with Crippen LogP contribution in [-0.4, -0.2) is 39.1 Å². The van der Waals surface area contributed by atoms with Gasteiger partial charge in [-0.05, 0) is 55.8 Å². The molecule has 0 aliphatic carbocycles. The van der Waals surface area contributed by atoms with Crippen LogP contribution in [0, 0.1) is 0 Å². The summed E-state index contributed by atoms with van der Waals surface area (Å²) >= 11 is 6.11. The summed E-state index contributed by atoms with van der Waals surface area (Å²) in [7, 11) is 0. The van der Waals surface area contributed by atoms with Crippen molar-refractivity contribution in [2.24, 2.45) is 0 Å². The summed E-state index contributed by atoms with van der Waals surface area (Å²) in [6, 6.07) is 10.9. The van der Waals surface area contributed by atoms with Crippen molar-refractivity contribution >= 4 is 34.8 Å². The van der Waals surface area contributed by atoms with E-state index < -0.39 is 30.1 Å². The second-order valence-corrected chi connectivity index (χ2v) is 9.05. The number of ether oxygens (including phenoxy) is 1. The zero-order chi connectivity index (χ0) is 27.6. The van der Waals surface area contributed by atoms with Gasteiger partial charge in [0.25, 0.3) is 5.56 Å². The summed E-state index contributed by atoms with van der Waals surface area (Å²) < 4.78 is 43.4. The van der Waals surface area contributed by atoms with Gasteiger partial charge in [-0.25, -0.2) is 9.97 Å². The van der Waals surface area contributed by atoms with Gasteiger partial charge >= 0.3 is 6.36 Å². The fourth-order valence-electron chi connectivity index (χ4n) is 3.82. The lowest BCUT2D eigenvalue weighted by Crippen LogP contribution is -2.37. The number of aldehydes is 1. The van der Waals surface area contributed by atoms with E-state index in [2.05, 4.69) is 20.0 Å². The van der Waals surface area contributed by atoms with Crippen molar-refractivity contribution in [2.75, 3.05) is 0 Å². The van der Waals surface area contributed by atoms with Gasteiger partial charge < -0.3 is 10.1 Å². The average molecular weight is 545 g/mol. The molecule has 1 N–H and O–H groups in total. The second kappa shape index (κ2) is 10.6. The fraction of sp³-hybridized carbons (Fsp3) is 0.192. The van der Waals surface area contributed by atoms with E-state index in [4.69, 9.17) is 11.6 Å². The van der Waals surface area contributed by atoms with E-state index in [1.807, 2.05) is 0 Å². The van der Waals surface area contributed by atoms with Crippen LogP contribution in [0.3, 0.4) is 0 Å². The summed E-state index contributed by atoms with van der Waals surface area (Å²) in [5.41, 5.74) is 0.795. The van der Waals surface area contributed by atoms with Gasteiger partial charge in [0.05, 0.1) is 5.39 Å². The highest BCUT2D eigenvalue weighted by molar-refractivity contribution is 6.31. The number of hydrogen-bond donors (Lipinski definition) is 1. The molecule has 2 aromatic heterocycles. The second-order valence-electron chi connectivity index (χ2n) is 8.61. The molecular weight excluding hydrogens is 525 g/mol. The Kier molecular flexibility index (Phi) is 7.49. The zero-order valence-corrected chi connectivity index (χ0v) is 20.8. The zero-order valence-electron chi connectivity index (χ0n) is 20.0. The van der Waals surface area contributed by atoms with E-state index >= 15 is 0 Å². The summed E-state index contributed by atoms with van der Waals surface area (Å²) in [5.74, 6) is -1.08. The molecule has 4 rings (SSSR count). The van der Waals surface area contributed by atoms with Crippen LogP contribution in [0.25, 0.3) is 33.5 Å². The Hall–Kier alpha value is -4.25. The molecule has 0 aliphatic heterocycles. The maximum Gasteiger partial charge on any atom is 0.573 e. The van der Waals surface area contributed by atoms with Gasteiger partial charge in [0, 0.05) is 34.0 Å². The Balaban J connectivity index is 1.90. The minimum absolute atomic E-state index is 0.00838. The number of nitrogens with zero attached hydrogens (tertiary/aromatic N) is 3. The molecular formula is C26H20ClF3N4O4. The maximum atomic E-state index is 13.6. The van der Waals surface area contributed by atoms with Crippen molar-refractivity contribution in [3.8, 4) is 28.3 Å². The standard InChI is InChI=1S/C26H20ClF3N4O4/c1-14(2)32-22(36)12-34-24(16-4-3-5-20(9-16)38-26(28,29)30)33-23-21(25(34)37)10-18(11-31-23)17-6-15(13-35)7-19(27)8-17/h3-11,13-14H,12H2,1-2H3,(H,32,36). The van der Waals surface area contributed by atoms with E-state index in [9.17, 15) is 27.6 Å². The number of carbonyl (C=O) groups excluding carboxylic acids is 2. The Bertz CT molecular complexity index is 1600. The molecule has 4 aromatic rings. The number of rotatable bonds is 7. The van der Waals surface area contributed by atoms with Crippen molar-refractivity contribution < 1.29 is 27.5 Å². The number of nitrogens with one attached hydrogen (secondary N) is 1. The van der Waals surface area contributed by atoms with E-state index in [0.717, 1.165) is 16.7 Å². The van der Waals surface area contributed by atoms with E-state index in [1.54, 1.807) is 26.0 Å². The van der Waals surface area contributed by atoms with Gasteiger partial charge in [-0.3, -0.25) is 19.0 Å². The molecule has 2 aromatic carbocycles. The summed E-state index contributed by atoms with van der Waals surface area (Å²) in [6.07, 6.45) is -2.86. The molecule has 0 spiro atoms. The highest BCUT2D eigenvalue weighted by atomic mass is 35.5. The molecule has 0 radical (unpaired) electrons. The lowest BCUT2D eigenvalue weighted by Gasteiger charge is -2.16. The van der Waals surface area contributed by atoms with Crippen LogP contribution < -0.4 is 15.6 Å². The number of benzene rings is 2. The molecule has 0 unspecified atom stereocenters. The maximum absolute atomic E-state index is 13.6. The quantitative estimate of drug-likeness (QED) is 0.328. The highest BCUT2D eigenvalue weighted by Crippen LogP contribution is 2.29. The molecule has 0 atom stereocenters. The Morgan fingerprint density at radius 3 is 2.58 bits per heavy atom. The molecule has 0 aliphatic rings. The number of halogens is 4. The summed E-state index contributed by atoms with van der Waals surface area (Å²) in [4.78, 5) is 46.2. The topological polar surface area (TPSA) is 103 Å². The van der Waals surface area contributed by atoms with Gasteiger partial charge in [0.1, 0.15) is 24.4 Å². The van der Waals surface area contributed by atoms with E-state index in [0.29, 0.717) is 28.0 Å². The third-order valence-electron chi connectivity index (χ3n) is 5.28. The van der Waals surface area contributed by atoms with Crippen molar-refractivity contribution in [1.82, 2.24) is 19.9 Å². The molecule has 8 nitrogen and oxygen atoms in total. The number of alkyl halides is 3. The first-order valence-electron chi connectivity index (χ1n) is 11.3. The van der Waals surface area contributed by atoms with E-state index in [1.165, 1.54) is 30.5 Å². The Morgan fingerprint density at radius 2 is 1.89 bits per heavy atom. The Morgan fingerprint density at radius 1 is 1.13 bits per heavy atom. The van der Waals surface area contributed by atoms with Gasteiger partial charge in [-0.2, -0.15) is 0 Å². The normalized spacial score (nSPS) is 11.6. The number of fused-ring (bicyclic) bond motifs is 1.